The Balaban J connectivity index is 1.54. The van der Waals surface area contributed by atoms with Gasteiger partial charge < -0.3 is 5.11 Å². The van der Waals surface area contributed by atoms with Gasteiger partial charge in [-0.2, -0.15) is 31.4 Å². The van der Waals surface area contributed by atoms with Gasteiger partial charge in [0.25, 0.3) is 0 Å². The Kier molecular flexibility index (Phi) is 7.22. The van der Waals surface area contributed by atoms with E-state index in [0.717, 1.165) is 28.3 Å². The fourth-order valence-electron chi connectivity index (χ4n) is 4.41. The van der Waals surface area contributed by atoms with E-state index in [9.17, 15) is 35.5 Å². The van der Waals surface area contributed by atoms with Crippen LogP contribution in [0.4, 0.5) is 36.4 Å². The van der Waals surface area contributed by atoms with Crippen LogP contribution in [0.25, 0.3) is 11.1 Å². The summed E-state index contributed by atoms with van der Waals surface area (Å²) in [5, 5.41) is 13.8. The molecule has 1 N–H and O–H groups in total. The number of aliphatic carboxylic acids is 1. The van der Waals surface area contributed by atoms with Crippen LogP contribution in [0.5, 0.6) is 0 Å². The minimum absolute atomic E-state index is 0.159. The molecule has 0 fully saturated rings. The van der Waals surface area contributed by atoms with Crippen molar-refractivity contribution in [3.05, 3.63) is 88.7 Å². The van der Waals surface area contributed by atoms with E-state index in [0.29, 0.717) is 29.3 Å². The van der Waals surface area contributed by atoms with E-state index in [1.54, 1.807) is 49.4 Å². The number of aryl methyl sites for hydroxylation is 1. The van der Waals surface area contributed by atoms with Crippen LogP contribution < -0.4 is 5.01 Å². The molecular formula is C27H21F7N2O2. The van der Waals surface area contributed by atoms with Gasteiger partial charge in [0.15, 0.2) is 0 Å². The van der Waals surface area contributed by atoms with E-state index in [1.165, 1.54) is 0 Å². The maximum absolute atomic E-state index is 14.3. The molecule has 0 amide bonds. The Morgan fingerprint density at radius 2 is 1.58 bits per heavy atom. The highest BCUT2D eigenvalue weighted by Gasteiger charge is 2.43. The molecule has 3 aromatic carbocycles. The maximum atomic E-state index is 14.3. The molecule has 1 heterocycles. The van der Waals surface area contributed by atoms with Crippen molar-refractivity contribution in [1.29, 1.82) is 0 Å². The van der Waals surface area contributed by atoms with Crippen LogP contribution in [-0.4, -0.2) is 29.0 Å². The molecule has 11 heteroatoms. The standard InChI is InChI=1S/C27H21F7N2O2/c1-15-10-17(4-8-21(15)22-12-18(26(29,30)31)5-9-23(22)28)11-16-2-6-19(7-3-16)36-20(14-25(37)38)13-24(35-36)27(32,33)34/h2-10,12,20H,11,13-14H2,1H3,(H,37,38). The zero-order valence-electron chi connectivity index (χ0n) is 19.9. The lowest BCUT2D eigenvalue weighted by Crippen LogP contribution is -2.29. The van der Waals surface area contributed by atoms with E-state index in [2.05, 4.69) is 5.10 Å². The van der Waals surface area contributed by atoms with Crippen molar-refractivity contribution in [3.63, 3.8) is 0 Å². The van der Waals surface area contributed by atoms with Crippen LogP contribution in [0.1, 0.15) is 35.1 Å². The first kappa shape index (κ1) is 27.2. The van der Waals surface area contributed by atoms with Gasteiger partial charge in [0, 0.05) is 12.0 Å². The zero-order valence-corrected chi connectivity index (χ0v) is 19.9. The van der Waals surface area contributed by atoms with Crippen molar-refractivity contribution in [2.45, 2.75) is 44.6 Å². The minimum atomic E-state index is -4.66. The second-order valence-electron chi connectivity index (χ2n) is 9.03. The summed E-state index contributed by atoms with van der Waals surface area (Å²) in [5.41, 5.74) is 0.617. The Morgan fingerprint density at radius 3 is 2.16 bits per heavy atom. The summed E-state index contributed by atoms with van der Waals surface area (Å²) in [6.07, 6.45) is -9.92. The number of carbonyl (C=O) groups is 1. The van der Waals surface area contributed by atoms with Gasteiger partial charge in [-0.3, -0.25) is 9.80 Å². The van der Waals surface area contributed by atoms with Gasteiger partial charge in [0.05, 0.1) is 23.7 Å². The number of halogens is 7. The molecule has 1 aliphatic heterocycles. The molecule has 0 saturated heterocycles. The third kappa shape index (κ3) is 5.98. The molecule has 1 unspecified atom stereocenters. The number of hydrogen-bond donors (Lipinski definition) is 1. The first-order valence-electron chi connectivity index (χ1n) is 11.4. The lowest BCUT2D eigenvalue weighted by atomic mass is 9.94. The molecule has 0 saturated carbocycles. The predicted molar refractivity (Wildman–Crippen MR) is 127 cm³/mol. The van der Waals surface area contributed by atoms with Gasteiger partial charge in [0.1, 0.15) is 11.5 Å². The van der Waals surface area contributed by atoms with Crippen molar-refractivity contribution >= 4 is 17.4 Å². The highest BCUT2D eigenvalue weighted by atomic mass is 19.4. The molecule has 1 atom stereocenters. The molecule has 0 spiro atoms. The zero-order chi connectivity index (χ0) is 27.8. The Bertz CT molecular complexity index is 1380. The summed E-state index contributed by atoms with van der Waals surface area (Å²) >= 11 is 0. The van der Waals surface area contributed by atoms with E-state index in [4.69, 9.17) is 5.11 Å². The van der Waals surface area contributed by atoms with E-state index >= 15 is 0 Å². The summed E-state index contributed by atoms with van der Waals surface area (Å²) in [6, 6.07) is 12.7. The second kappa shape index (κ2) is 10.1. The van der Waals surface area contributed by atoms with E-state index < -0.39 is 54.3 Å². The van der Waals surface area contributed by atoms with Gasteiger partial charge in [-0.05, 0) is 65.9 Å². The molecule has 0 bridgehead atoms. The topological polar surface area (TPSA) is 52.9 Å². The van der Waals surface area contributed by atoms with Gasteiger partial charge in [0.2, 0.25) is 0 Å². The number of hydrogen-bond acceptors (Lipinski definition) is 3. The first-order chi connectivity index (χ1) is 17.7. The maximum Gasteiger partial charge on any atom is 0.431 e. The van der Waals surface area contributed by atoms with Crippen molar-refractivity contribution in [2.24, 2.45) is 5.10 Å². The molecule has 0 aromatic heterocycles. The predicted octanol–water partition coefficient (Wildman–Crippen LogP) is 7.38. The molecule has 0 radical (unpaired) electrons. The highest BCUT2D eigenvalue weighted by Crippen LogP contribution is 2.36. The van der Waals surface area contributed by atoms with Crippen LogP contribution in [0, 0.1) is 12.7 Å². The normalized spacial score (nSPS) is 16.1. The van der Waals surface area contributed by atoms with E-state index in [-0.39, 0.29) is 5.56 Å². The number of carboxylic acids is 1. The van der Waals surface area contributed by atoms with Crippen molar-refractivity contribution in [2.75, 3.05) is 5.01 Å². The minimum Gasteiger partial charge on any atom is -0.481 e. The van der Waals surface area contributed by atoms with Gasteiger partial charge in [-0.15, -0.1) is 0 Å². The first-order valence-corrected chi connectivity index (χ1v) is 11.4. The molecule has 0 aliphatic carbocycles. The van der Waals surface area contributed by atoms with Crippen LogP contribution in [0.2, 0.25) is 0 Å². The third-order valence-electron chi connectivity index (χ3n) is 6.22. The molecule has 38 heavy (non-hydrogen) atoms. The average molecular weight is 538 g/mol. The number of carboxylic acid groups (broad SMARTS) is 1. The summed E-state index contributed by atoms with van der Waals surface area (Å²) in [7, 11) is 0. The summed E-state index contributed by atoms with van der Waals surface area (Å²) < 4.78 is 93.1. The SMILES string of the molecule is Cc1cc(Cc2ccc(N3N=C(C(F)(F)F)CC3CC(=O)O)cc2)ccc1-c1cc(C(F)(F)F)ccc1F. The molecular weight excluding hydrogens is 517 g/mol. The number of nitrogens with zero attached hydrogens (tertiary/aromatic N) is 2. The number of benzene rings is 3. The Morgan fingerprint density at radius 1 is 0.921 bits per heavy atom. The number of hydrazone groups is 1. The highest BCUT2D eigenvalue weighted by molar-refractivity contribution is 5.94. The second-order valence-corrected chi connectivity index (χ2v) is 9.03. The van der Waals surface area contributed by atoms with Crippen LogP contribution in [0.3, 0.4) is 0 Å². The Labute approximate surface area is 213 Å². The van der Waals surface area contributed by atoms with Gasteiger partial charge >= 0.3 is 18.3 Å². The molecule has 200 valence electrons. The molecule has 4 nitrogen and oxygen atoms in total. The van der Waals surface area contributed by atoms with E-state index in [1.807, 2.05) is 0 Å². The van der Waals surface area contributed by atoms with Crippen LogP contribution in [0.15, 0.2) is 65.8 Å². The lowest BCUT2D eigenvalue weighted by Gasteiger charge is -2.22. The fourth-order valence-corrected chi connectivity index (χ4v) is 4.41. The van der Waals surface area contributed by atoms with Crippen LogP contribution in [-0.2, 0) is 17.4 Å². The largest absolute Gasteiger partial charge is 0.481 e. The van der Waals surface area contributed by atoms with Crippen molar-refractivity contribution in [3.8, 4) is 11.1 Å². The monoisotopic (exact) mass is 538 g/mol. The molecule has 3 aromatic rings. The number of anilines is 1. The van der Waals surface area contributed by atoms with Crippen LogP contribution >= 0.6 is 0 Å². The fraction of sp³-hybridized carbons (Fsp3) is 0.259. The Hall–Kier alpha value is -3.89. The number of rotatable bonds is 6. The van der Waals surface area contributed by atoms with Crippen molar-refractivity contribution in [1.82, 2.24) is 0 Å². The summed E-state index contributed by atoms with van der Waals surface area (Å²) in [4.78, 5) is 11.1. The van der Waals surface area contributed by atoms with Gasteiger partial charge in [-0.1, -0.05) is 30.3 Å². The number of alkyl halides is 6. The molecule has 4 rings (SSSR count). The third-order valence-corrected chi connectivity index (χ3v) is 6.22. The summed E-state index contributed by atoms with van der Waals surface area (Å²) in [5.74, 6) is -2.01. The quantitative estimate of drug-likeness (QED) is 0.333. The molecule has 1 aliphatic rings. The van der Waals surface area contributed by atoms with Gasteiger partial charge in [-0.25, -0.2) is 4.39 Å². The lowest BCUT2D eigenvalue weighted by molar-refractivity contribution is -0.138. The average Bonchev–Trinajstić information content (AvgIpc) is 3.23. The van der Waals surface area contributed by atoms with Crippen molar-refractivity contribution < 1.29 is 40.6 Å². The summed E-state index contributed by atoms with van der Waals surface area (Å²) in [6.45, 7) is 1.66. The smallest absolute Gasteiger partial charge is 0.431 e.